The van der Waals surface area contributed by atoms with Gasteiger partial charge in [-0.05, 0) is 43.9 Å². The summed E-state index contributed by atoms with van der Waals surface area (Å²) >= 11 is 1.17. The fraction of sp³-hybridized carbons (Fsp3) is 0.350. The van der Waals surface area contributed by atoms with Crippen molar-refractivity contribution in [2.24, 2.45) is 5.92 Å². The molecule has 0 unspecified atom stereocenters. The predicted molar refractivity (Wildman–Crippen MR) is 102 cm³/mol. The molecule has 4 rings (SSSR count). The second-order valence-corrected chi connectivity index (χ2v) is 7.78. The third-order valence-electron chi connectivity index (χ3n) is 4.86. The van der Waals surface area contributed by atoms with Gasteiger partial charge in [0.05, 0.1) is 24.1 Å². The minimum atomic E-state index is -0.955. The SMILES string of the molecule is Cc1nc(-c2ccc(OCC3CCCC3)c(-c3cnco3)c2)sc1C(=O)O. The molecule has 6 nitrogen and oxygen atoms in total. The van der Waals surface area contributed by atoms with Gasteiger partial charge in [0.2, 0.25) is 0 Å². The summed E-state index contributed by atoms with van der Waals surface area (Å²) in [4.78, 5) is 20.0. The molecule has 7 heteroatoms. The van der Waals surface area contributed by atoms with Crippen LogP contribution in [0.4, 0.5) is 0 Å². The summed E-state index contributed by atoms with van der Waals surface area (Å²) in [5.74, 6) is 1.01. The third-order valence-corrected chi connectivity index (χ3v) is 6.06. The van der Waals surface area contributed by atoms with Crippen molar-refractivity contribution in [3.63, 3.8) is 0 Å². The molecule has 0 bridgehead atoms. The molecule has 1 aromatic carbocycles. The standard InChI is InChI=1S/C20H20N2O4S/c1-12-18(20(23)24)27-19(22-12)14-6-7-16(25-10-13-4-2-3-5-13)15(8-14)17-9-21-11-26-17/h6-9,11,13H,2-5,10H2,1H3,(H,23,24). The number of thiazole rings is 1. The number of aromatic nitrogens is 2. The van der Waals surface area contributed by atoms with E-state index in [1.54, 1.807) is 13.1 Å². The van der Waals surface area contributed by atoms with Gasteiger partial charge in [-0.2, -0.15) is 0 Å². The van der Waals surface area contributed by atoms with Gasteiger partial charge < -0.3 is 14.3 Å². The molecule has 0 aliphatic heterocycles. The van der Waals surface area contributed by atoms with Crippen LogP contribution in [0.3, 0.4) is 0 Å². The highest BCUT2D eigenvalue weighted by Gasteiger charge is 2.20. The highest BCUT2D eigenvalue weighted by Crippen LogP contribution is 2.37. The number of aromatic carboxylic acids is 1. The van der Waals surface area contributed by atoms with Gasteiger partial charge in [0.1, 0.15) is 15.6 Å². The first-order chi connectivity index (χ1) is 13.1. The van der Waals surface area contributed by atoms with E-state index in [1.165, 1.54) is 43.4 Å². The summed E-state index contributed by atoms with van der Waals surface area (Å²) in [5.41, 5.74) is 2.15. The molecule has 0 radical (unpaired) electrons. The Labute approximate surface area is 160 Å². The van der Waals surface area contributed by atoms with E-state index in [4.69, 9.17) is 9.15 Å². The lowest BCUT2D eigenvalue weighted by atomic mass is 10.1. The predicted octanol–water partition coefficient (Wildman–Crippen LogP) is 5.04. The van der Waals surface area contributed by atoms with Crippen molar-refractivity contribution in [3.05, 3.63) is 41.4 Å². The Balaban J connectivity index is 1.67. The molecule has 0 atom stereocenters. The number of rotatable bonds is 6. The van der Waals surface area contributed by atoms with Crippen molar-refractivity contribution in [2.45, 2.75) is 32.6 Å². The van der Waals surface area contributed by atoms with Crippen LogP contribution in [0.25, 0.3) is 21.9 Å². The first kappa shape index (κ1) is 17.7. The second-order valence-electron chi connectivity index (χ2n) is 6.78. The van der Waals surface area contributed by atoms with Crippen LogP contribution in [0.2, 0.25) is 0 Å². The number of carbonyl (C=O) groups is 1. The normalized spacial score (nSPS) is 14.6. The van der Waals surface area contributed by atoms with Crippen molar-refractivity contribution in [1.82, 2.24) is 9.97 Å². The van der Waals surface area contributed by atoms with Crippen LogP contribution in [0.15, 0.2) is 35.2 Å². The zero-order chi connectivity index (χ0) is 18.8. The summed E-state index contributed by atoms with van der Waals surface area (Å²) < 4.78 is 11.6. The lowest BCUT2D eigenvalue weighted by molar-refractivity contribution is 0.0701. The van der Waals surface area contributed by atoms with Gasteiger partial charge in [-0.25, -0.2) is 14.8 Å². The van der Waals surface area contributed by atoms with Crippen LogP contribution >= 0.6 is 11.3 Å². The smallest absolute Gasteiger partial charge is 0.347 e. The Morgan fingerprint density at radius 1 is 1.37 bits per heavy atom. The Morgan fingerprint density at radius 3 is 2.85 bits per heavy atom. The van der Waals surface area contributed by atoms with Crippen molar-refractivity contribution >= 4 is 17.3 Å². The van der Waals surface area contributed by atoms with Gasteiger partial charge in [0.15, 0.2) is 12.2 Å². The quantitative estimate of drug-likeness (QED) is 0.641. The van der Waals surface area contributed by atoms with Crippen LogP contribution in [-0.4, -0.2) is 27.7 Å². The fourth-order valence-electron chi connectivity index (χ4n) is 3.43. The minimum Gasteiger partial charge on any atom is -0.493 e. The average molecular weight is 384 g/mol. The minimum absolute atomic E-state index is 0.257. The van der Waals surface area contributed by atoms with E-state index in [0.29, 0.717) is 29.0 Å². The maximum absolute atomic E-state index is 11.3. The van der Waals surface area contributed by atoms with E-state index in [1.807, 2.05) is 18.2 Å². The van der Waals surface area contributed by atoms with Gasteiger partial charge in [-0.1, -0.05) is 12.8 Å². The molecule has 1 saturated carbocycles. The molecule has 1 aliphatic carbocycles. The lowest BCUT2D eigenvalue weighted by Gasteiger charge is -2.14. The van der Waals surface area contributed by atoms with Crippen molar-refractivity contribution < 1.29 is 19.1 Å². The fourth-order valence-corrected chi connectivity index (χ4v) is 4.33. The van der Waals surface area contributed by atoms with E-state index in [2.05, 4.69) is 9.97 Å². The number of nitrogens with zero attached hydrogens (tertiary/aromatic N) is 2. The summed E-state index contributed by atoms with van der Waals surface area (Å²) in [7, 11) is 0. The van der Waals surface area contributed by atoms with Gasteiger partial charge in [-0.15, -0.1) is 11.3 Å². The Kier molecular flexibility index (Phi) is 4.94. The van der Waals surface area contributed by atoms with Crippen LogP contribution in [0.5, 0.6) is 5.75 Å². The maximum atomic E-state index is 11.3. The number of ether oxygens (including phenoxy) is 1. The van der Waals surface area contributed by atoms with Crippen LogP contribution in [0.1, 0.15) is 41.0 Å². The monoisotopic (exact) mass is 384 g/mol. The number of benzene rings is 1. The third kappa shape index (κ3) is 3.73. The number of carboxylic acid groups (broad SMARTS) is 1. The molecular weight excluding hydrogens is 364 g/mol. The molecule has 0 amide bonds. The highest BCUT2D eigenvalue weighted by molar-refractivity contribution is 7.17. The summed E-state index contributed by atoms with van der Waals surface area (Å²) in [5, 5.41) is 9.94. The van der Waals surface area contributed by atoms with Crippen molar-refractivity contribution in [1.29, 1.82) is 0 Å². The number of aryl methyl sites for hydroxylation is 1. The highest BCUT2D eigenvalue weighted by atomic mass is 32.1. The van der Waals surface area contributed by atoms with Crippen molar-refractivity contribution in [2.75, 3.05) is 6.61 Å². The van der Waals surface area contributed by atoms with E-state index >= 15 is 0 Å². The zero-order valence-electron chi connectivity index (χ0n) is 15.0. The average Bonchev–Trinajstić information content (AvgIpc) is 3.41. The van der Waals surface area contributed by atoms with Gasteiger partial charge in [0, 0.05) is 5.56 Å². The van der Waals surface area contributed by atoms with Gasteiger partial charge >= 0.3 is 5.97 Å². The largest absolute Gasteiger partial charge is 0.493 e. The van der Waals surface area contributed by atoms with Gasteiger partial charge in [-0.3, -0.25) is 0 Å². The number of hydrogen-bond acceptors (Lipinski definition) is 6. The van der Waals surface area contributed by atoms with E-state index < -0.39 is 5.97 Å². The second kappa shape index (κ2) is 7.52. The lowest BCUT2D eigenvalue weighted by Crippen LogP contribution is -2.08. The Morgan fingerprint density at radius 2 is 2.19 bits per heavy atom. The molecule has 1 aliphatic rings. The molecule has 27 heavy (non-hydrogen) atoms. The molecule has 3 aromatic rings. The summed E-state index contributed by atoms with van der Waals surface area (Å²) in [6.07, 6.45) is 8.02. The molecule has 2 heterocycles. The van der Waals surface area contributed by atoms with E-state index in [-0.39, 0.29) is 4.88 Å². The Hall–Kier alpha value is -2.67. The number of carboxylic acids is 1. The van der Waals surface area contributed by atoms with E-state index in [9.17, 15) is 9.90 Å². The molecule has 0 spiro atoms. The van der Waals surface area contributed by atoms with Gasteiger partial charge in [0.25, 0.3) is 0 Å². The molecule has 1 N–H and O–H groups in total. The summed E-state index contributed by atoms with van der Waals surface area (Å²) in [6.45, 7) is 2.40. The molecule has 0 saturated heterocycles. The zero-order valence-corrected chi connectivity index (χ0v) is 15.8. The van der Waals surface area contributed by atoms with Crippen LogP contribution in [0, 0.1) is 12.8 Å². The maximum Gasteiger partial charge on any atom is 0.347 e. The molecule has 1 fully saturated rings. The molecule has 140 valence electrons. The summed E-state index contributed by atoms with van der Waals surface area (Å²) in [6, 6.07) is 5.74. The van der Waals surface area contributed by atoms with Crippen LogP contribution < -0.4 is 4.74 Å². The number of hydrogen-bond donors (Lipinski definition) is 1. The van der Waals surface area contributed by atoms with Crippen molar-refractivity contribution in [3.8, 4) is 27.6 Å². The molecule has 2 aromatic heterocycles. The first-order valence-corrected chi connectivity index (χ1v) is 9.80. The van der Waals surface area contributed by atoms with E-state index in [0.717, 1.165) is 16.9 Å². The first-order valence-electron chi connectivity index (χ1n) is 8.98. The Bertz CT molecular complexity index is 943. The number of oxazole rings is 1. The van der Waals surface area contributed by atoms with Crippen LogP contribution in [-0.2, 0) is 0 Å². The topological polar surface area (TPSA) is 85.5 Å². The molecular formula is C20H20N2O4S.